The highest BCUT2D eigenvalue weighted by molar-refractivity contribution is 8.22. The van der Waals surface area contributed by atoms with Crippen LogP contribution in [0, 0.1) is 0 Å². The number of rotatable bonds is 5. The van der Waals surface area contributed by atoms with Crippen LogP contribution in [0.1, 0.15) is 10.1 Å². The SMILES string of the molecule is CSc1cc(SC)c(C2SC=C(CO)S2)c(SC)c1. The highest BCUT2D eigenvalue weighted by Crippen LogP contribution is 2.54. The molecule has 104 valence electrons. The lowest BCUT2D eigenvalue weighted by Gasteiger charge is -2.18. The van der Waals surface area contributed by atoms with E-state index in [1.54, 1.807) is 23.5 Å². The largest absolute Gasteiger partial charge is 0.391 e. The van der Waals surface area contributed by atoms with Crippen molar-refractivity contribution >= 4 is 58.8 Å². The van der Waals surface area contributed by atoms with Crippen LogP contribution in [0.25, 0.3) is 0 Å². The van der Waals surface area contributed by atoms with E-state index in [0.29, 0.717) is 4.58 Å². The van der Waals surface area contributed by atoms with E-state index in [2.05, 4.69) is 36.3 Å². The Balaban J connectivity index is 2.38. The summed E-state index contributed by atoms with van der Waals surface area (Å²) in [7, 11) is 0. The average molecular weight is 349 g/mol. The first kappa shape index (κ1) is 16.0. The van der Waals surface area contributed by atoms with E-state index < -0.39 is 0 Å². The van der Waals surface area contributed by atoms with Crippen molar-refractivity contribution in [2.75, 3.05) is 25.4 Å². The van der Waals surface area contributed by atoms with Crippen LogP contribution >= 0.6 is 58.8 Å². The van der Waals surface area contributed by atoms with Gasteiger partial charge in [-0.2, -0.15) is 0 Å². The van der Waals surface area contributed by atoms with Crippen LogP contribution in [-0.4, -0.2) is 30.5 Å². The highest BCUT2D eigenvalue weighted by Gasteiger charge is 2.25. The fourth-order valence-corrected chi connectivity index (χ4v) is 6.78. The second-order valence-electron chi connectivity index (χ2n) is 3.77. The van der Waals surface area contributed by atoms with Gasteiger partial charge in [0, 0.05) is 25.2 Å². The van der Waals surface area contributed by atoms with Gasteiger partial charge in [-0.1, -0.05) is 0 Å². The minimum atomic E-state index is 0.153. The molecule has 0 bridgehead atoms. The summed E-state index contributed by atoms with van der Waals surface area (Å²) >= 11 is 9.00. The summed E-state index contributed by atoms with van der Waals surface area (Å²) in [4.78, 5) is 5.10. The van der Waals surface area contributed by atoms with Crippen molar-refractivity contribution in [1.82, 2.24) is 0 Å². The quantitative estimate of drug-likeness (QED) is 0.736. The molecule has 1 heterocycles. The van der Waals surface area contributed by atoms with Gasteiger partial charge in [0.2, 0.25) is 0 Å². The van der Waals surface area contributed by atoms with Crippen LogP contribution in [-0.2, 0) is 0 Å². The number of benzene rings is 1. The van der Waals surface area contributed by atoms with Gasteiger partial charge in [-0.15, -0.1) is 58.8 Å². The summed E-state index contributed by atoms with van der Waals surface area (Å²) in [5, 5.41) is 11.3. The number of hydrogen-bond donors (Lipinski definition) is 1. The maximum Gasteiger partial charge on any atom is 0.0859 e. The summed E-state index contributed by atoms with van der Waals surface area (Å²) in [5.41, 5.74) is 1.41. The molecule has 0 spiro atoms. The molecule has 0 amide bonds. The normalized spacial score (nSPS) is 18.7. The molecule has 1 atom stereocenters. The minimum Gasteiger partial charge on any atom is -0.391 e. The fourth-order valence-electron chi connectivity index (χ4n) is 1.80. The minimum absolute atomic E-state index is 0.153. The molecule has 1 aliphatic rings. The van der Waals surface area contributed by atoms with Gasteiger partial charge in [-0.25, -0.2) is 0 Å². The smallest absolute Gasteiger partial charge is 0.0859 e. The molecule has 2 rings (SSSR count). The van der Waals surface area contributed by atoms with Crippen molar-refractivity contribution < 1.29 is 5.11 Å². The molecule has 6 heteroatoms. The van der Waals surface area contributed by atoms with E-state index in [4.69, 9.17) is 0 Å². The monoisotopic (exact) mass is 348 g/mol. The molecular formula is C13H16OS5. The van der Waals surface area contributed by atoms with Crippen LogP contribution in [0.15, 0.2) is 37.1 Å². The molecule has 0 aliphatic carbocycles. The zero-order valence-corrected chi connectivity index (χ0v) is 15.1. The van der Waals surface area contributed by atoms with Crippen molar-refractivity contribution in [3.05, 3.63) is 28.0 Å². The topological polar surface area (TPSA) is 20.2 Å². The fraction of sp³-hybridized carbons (Fsp3) is 0.385. The lowest BCUT2D eigenvalue weighted by Crippen LogP contribution is -1.95. The van der Waals surface area contributed by atoms with Crippen molar-refractivity contribution in [2.45, 2.75) is 19.3 Å². The molecule has 0 saturated heterocycles. The van der Waals surface area contributed by atoms with Gasteiger partial charge >= 0.3 is 0 Å². The number of thioether (sulfide) groups is 5. The van der Waals surface area contributed by atoms with Gasteiger partial charge in [0.1, 0.15) is 0 Å². The molecule has 0 fully saturated rings. The molecule has 0 aromatic heterocycles. The summed E-state index contributed by atoms with van der Waals surface area (Å²) in [6.07, 6.45) is 6.39. The third-order valence-corrected chi connectivity index (χ3v) is 7.66. The van der Waals surface area contributed by atoms with Crippen LogP contribution in [0.3, 0.4) is 0 Å². The standard InChI is InChI=1S/C13H16OS5/c1-15-8-4-10(16-2)12(11(5-8)17-3)13-18-7-9(6-14)19-13/h4-5,7,13-14H,6H2,1-3H3. The maximum absolute atomic E-state index is 9.25. The van der Waals surface area contributed by atoms with Gasteiger partial charge in [0.15, 0.2) is 0 Å². The van der Waals surface area contributed by atoms with E-state index in [0.717, 1.165) is 4.91 Å². The van der Waals surface area contributed by atoms with Gasteiger partial charge < -0.3 is 5.11 Å². The zero-order chi connectivity index (χ0) is 13.8. The molecule has 1 aromatic rings. The molecular weight excluding hydrogens is 332 g/mol. The van der Waals surface area contributed by atoms with Crippen molar-refractivity contribution in [3.8, 4) is 0 Å². The Kier molecular flexibility index (Phi) is 6.43. The van der Waals surface area contributed by atoms with Crippen LogP contribution in [0.4, 0.5) is 0 Å². The Hall–Kier alpha value is 0.670. The molecule has 0 saturated carbocycles. The molecule has 1 aromatic carbocycles. The highest BCUT2D eigenvalue weighted by atomic mass is 32.2. The summed E-state index contributed by atoms with van der Waals surface area (Å²) < 4.78 is 0.378. The molecule has 0 radical (unpaired) electrons. The summed E-state index contributed by atoms with van der Waals surface area (Å²) in [5.74, 6) is 0. The lowest BCUT2D eigenvalue weighted by atomic mass is 10.2. The first-order valence-corrected chi connectivity index (χ1v) is 11.1. The number of aliphatic hydroxyl groups is 1. The Morgan fingerprint density at radius 3 is 2.16 bits per heavy atom. The van der Waals surface area contributed by atoms with Gasteiger partial charge in [0.05, 0.1) is 11.2 Å². The predicted octanol–water partition coefficient (Wildman–Crippen LogP) is 5.16. The Bertz CT molecular complexity index is 461. The molecule has 1 unspecified atom stereocenters. The van der Waals surface area contributed by atoms with Crippen molar-refractivity contribution in [3.63, 3.8) is 0 Å². The lowest BCUT2D eigenvalue weighted by molar-refractivity contribution is 0.340. The predicted molar refractivity (Wildman–Crippen MR) is 94.9 cm³/mol. The van der Waals surface area contributed by atoms with Crippen LogP contribution in [0.5, 0.6) is 0 Å². The van der Waals surface area contributed by atoms with E-state index in [1.165, 1.54) is 20.2 Å². The van der Waals surface area contributed by atoms with E-state index in [9.17, 15) is 5.11 Å². The first-order chi connectivity index (χ1) is 9.23. The molecule has 1 N–H and O–H groups in total. The second kappa shape index (κ2) is 7.61. The van der Waals surface area contributed by atoms with Crippen molar-refractivity contribution in [1.29, 1.82) is 0 Å². The van der Waals surface area contributed by atoms with E-state index in [1.807, 2.05) is 35.3 Å². The third kappa shape index (κ3) is 3.66. The average Bonchev–Trinajstić information content (AvgIpc) is 2.94. The Morgan fingerprint density at radius 1 is 1.11 bits per heavy atom. The summed E-state index contributed by atoms with van der Waals surface area (Å²) in [6.45, 7) is 0.153. The van der Waals surface area contributed by atoms with Gasteiger partial charge in [-0.3, -0.25) is 0 Å². The number of aliphatic hydroxyl groups excluding tert-OH is 1. The van der Waals surface area contributed by atoms with Gasteiger partial charge in [-0.05, 0) is 36.3 Å². The van der Waals surface area contributed by atoms with Crippen molar-refractivity contribution in [2.24, 2.45) is 0 Å². The summed E-state index contributed by atoms with van der Waals surface area (Å²) in [6, 6.07) is 4.56. The first-order valence-electron chi connectivity index (χ1n) is 5.65. The van der Waals surface area contributed by atoms with E-state index >= 15 is 0 Å². The van der Waals surface area contributed by atoms with Crippen LogP contribution < -0.4 is 0 Å². The van der Waals surface area contributed by atoms with E-state index in [-0.39, 0.29) is 6.61 Å². The molecule has 1 aliphatic heterocycles. The Morgan fingerprint density at radius 2 is 1.74 bits per heavy atom. The molecule has 1 nitrogen and oxygen atoms in total. The zero-order valence-electron chi connectivity index (χ0n) is 11.0. The van der Waals surface area contributed by atoms with Gasteiger partial charge in [0.25, 0.3) is 0 Å². The Labute approximate surface area is 136 Å². The third-order valence-electron chi connectivity index (χ3n) is 2.73. The second-order valence-corrected chi connectivity index (χ2v) is 8.86. The molecule has 19 heavy (non-hydrogen) atoms. The number of hydrogen-bond acceptors (Lipinski definition) is 6. The van der Waals surface area contributed by atoms with Crippen LogP contribution in [0.2, 0.25) is 0 Å². The maximum atomic E-state index is 9.25.